The van der Waals surface area contributed by atoms with Crippen molar-refractivity contribution in [3.63, 3.8) is 0 Å². The third kappa shape index (κ3) is 4.20. The Bertz CT molecular complexity index is 1370. The summed E-state index contributed by atoms with van der Waals surface area (Å²) >= 11 is 0. The Labute approximate surface area is 217 Å². The Morgan fingerprint density at radius 3 is 2.68 bits per heavy atom. The number of piperidine rings is 1. The quantitative estimate of drug-likeness (QED) is 0.581. The van der Waals surface area contributed by atoms with Gasteiger partial charge in [0.1, 0.15) is 5.75 Å². The molecule has 1 aromatic heterocycles. The van der Waals surface area contributed by atoms with Crippen LogP contribution >= 0.6 is 0 Å². The highest BCUT2D eigenvalue weighted by Crippen LogP contribution is 2.43. The van der Waals surface area contributed by atoms with Crippen molar-refractivity contribution in [1.29, 1.82) is 0 Å². The average Bonchev–Trinajstić information content (AvgIpc) is 3.48. The van der Waals surface area contributed by atoms with Crippen molar-refractivity contribution >= 4 is 11.9 Å². The normalized spacial score (nSPS) is 26.2. The van der Waals surface area contributed by atoms with Crippen LogP contribution in [0.25, 0.3) is 11.8 Å². The number of amidine groups is 1. The summed E-state index contributed by atoms with van der Waals surface area (Å²) in [6.07, 6.45) is 6.78. The predicted molar refractivity (Wildman–Crippen MR) is 143 cm³/mol. The van der Waals surface area contributed by atoms with Crippen LogP contribution in [0.1, 0.15) is 35.7 Å². The number of imidazole rings is 1. The lowest BCUT2D eigenvalue weighted by Gasteiger charge is -2.48. The molecule has 3 aromatic rings. The summed E-state index contributed by atoms with van der Waals surface area (Å²) in [5.41, 5.74) is 5.42. The molecule has 6 rings (SSSR count). The number of methoxy groups -OCH3 is 1. The SMILES string of the molecule is COc1cc(/C=C2\CC3(COCCN3)CN3C2=NOC3(C)c2ccc(C)cc2)ccc1-n1cnc(C)c1. The van der Waals surface area contributed by atoms with E-state index < -0.39 is 5.72 Å². The van der Waals surface area contributed by atoms with E-state index in [1.807, 2.05) is 17.7 Å². The molecular weight excluding hydrogens is 466 g/mol. The topological polar surface area (TPSA) is 73.1 Å². The minimum absolute atomic E-state index is 0.221. The molecule has 3 aliphatic heterocycles. The van der Waals surface area contributed by atoms with Gasteiger partial charge in [-0.25, -0.2) is 4.98 Å². The number of ether oxygens (including phenoxy) is 2. The number of aryl methyl sites for hydroxylation is 2. The lowest BCUT2D eigenvalue weighted by atomic mass is 9.82. The van der Waals surface area contributed by atoms with Crippen molar-refractivity contribution in [2.24, 2.45) is 5.16 Å². The summed E-state index contributed by atoms with van der Waals surface area (Å²) in [6, 6.07) is 14.7. The summed E-state index contributed by atoms with van der Waals surface area (Å²) in [6.45, 7) is 9.10. The van der Waals surface area contributed by atoms with E-state index in [1.54, 1.807) is 13.4 Å². The minimum atomic E-state index is -0.699. The number of nitrogens with zero attached hydrogens (tertiary/aromatic N) is 4. The van der Waals surface area contributed by atoms with Gasteiger partial charge in [-0.2, -0.15) is 0 Å². The molecule has 0 aliphatic carbocycles. The highest BCUT2D eigenvalue weighted by Gasteiger charge is 2.52. The van der Waals surface area contributed by atoms with Gasteiger partial charge >= 0.3 is 0 Å². The van der Waals surface area contributed by atoms with E-state index in [1.165, 1.54) is 5.56 Å². The first-order valence-electron chi connectivity index (χ1n) is 12.7. The maximum atomic E-state index is 6.21. The van der Waals surface area contributed by atoms with Crippen molar-refractivity contribution in [3.05, 3.63) is 82.9 Å². The fraction of sp³-hybridized carbons (Fsp3) is 0.379. The van der Waals surface area contributed by atoms with Gasteiger partial charge in [-0.05, 0) is 44.0 Å². The molecule has 0 amide bonds. The highest BCUT2D eigenvalue weighted by atomic mass is 16.7. The second-order valence-electron chi connectivity index (χ2n) is 10.4. The number of hydrogen-bond donors (Lipinski definition) is 1. The van der Waals surface area contributed by atoms with Gasteiger partial charge in [0.05, 0.1) is 43.6 Å². The number of nitrogens with one attached hydrogen (secondary N) is 1. The molecule has 4 heterocycles. The largest absolute Gasteiger partial charge is 0.495 e. The fourth-order valence-corrected chi connectivity index (χ4v) is 5.55. The van der Waals surface area contributed by atoms with E-state index in [-0.39, 0.29) is 5.54 Å². The maximum Gasteiger partial charge on any atom is 0.234 e. The van der Waals surface area contributed by atoms with Gasteiger partial charge < -0.3 is 29.1 Å². The lowest BCUT2D eigenvalue weighted by Crippen LogP contribution is -2.66. The van der Waals surface area contributed by atoms with Crippen molar-refractivity contribution in [3.8, 4) is 11.4 Å². The molecule has 1 spiro atoms. The number of fused-ring (bicyclic) bond motifs is 1. The molecule has 8 heteroatoms. The molecule has 0 bridgehead atoms. The molecule has 2 unspecified atom stereocenters. The average molecular weight is 500 g/mol. The molecule has 2 atom stereocenters. The first-order valence-corrected chi connectivity index (χ1v) is 12.7. The van der Waals surface area contributed by atoms with Crippen LogP contribution in [-0.4, -0.2) is 59.2 Å². The maximum absolute atomic E-state index is 6.21. The zero-order valence-electron chi connectivity index (χ0n) is 21.8. The number of morpholine rings is 1. The Balaban J connectivity index is 1.39. The van der Waals surface area contributed by atoms with Crippen molar-refractivity contribution in [2.45, 2.75) is 38.5 Å². The van der Waals surface area contributed by atoms with E-state index in [0.717, 1.165) is 65.8 Å². The van der Waals surface area contributed by atoms with Crippen LogP contribution in [0.15, 0.2) is 65.7 Å². The Kier molecular flexibility index (Phi) is 5.81. The Morgan fingerprint density at radius 2 is 1.97 bits per heavy atom. The molecule has 192 valence electrons. The summed E-state index contributed by atoms with van der Waals surface area (Å²) in [5, 5.41) is 8.40. The molecular formula is C29H33N5O3. The first kappa shape index (κ1) is 23.8. The Morgan fingerprint density at radius 1 is 1.14 bits per heavy atom. The summed E-state index contributed by atoms with van der Waals surface area (Å²) in [5.74, 6) is 1.65. The van der Waals surface area contributed by atoms with Crippen molar-refractivity contribution in [2.75, 3.05) is 33.4 Å². The van der Waals surface area contributed by atoms with Gasteiger partial charge in [0.2, 0.25) is 5.72 Å². The van der Waals surface area contributed by atoms with Crippen LogP contribution in [0, 0.1) is 13.8 Å². The van der Waals surface area contributed by atoms with Crippen LogP contribution in [0.5, 0.6) is 5.75 Å². The predicted octanol–water partition coefficient (Wildman–Crippen LogP) is 4.16. The number of oxime groups is 1. The summed E-state index contributed by atoms with van der Waals surface area (Å²) in [7, 11) is 1.70. The van der Waals surface area contributed by atoms with Crippen molar-refractivity contribution < 1.29 is 14.3 Å². The molecule has 2 aromatic carbocycles. The number of hydrogen-bond acceptors (Lipinski definition) is 7. The highest BCUT2D eigenvalue weighted by molar-refractivity contribution is 6.04. The molecule has 0 saturated carbocycles. The van der Waals surface area contributed by atoms with Gasteiger partial charge in [-0.15, -0.1) is 0 Å². The molecule has 2 fully saturated rings. The minimum Gasteiger partial charge on any atom is -0.495 e. The monoisotopic (exact) mass is 499 g/mol. The Hall–Kier alpha value is -3.62. The fourth-order valence-electron chi connectivity index (χ4n) is 5.55. The van der Waals surface area contributed by atoms with Crippen LogP contribution in [0.4, 0.5) is 0 Å². The molecule has 0 radical (unpaired) electrons. The lowest BCUT2D eigenvalue weighted by molar-refractivity contribution is -0.106. The number of benzene rings is 2. The van der Waals surface area contributed by atoms with Crippen LogP contribution in [-0.2, 0) is 15.3 Å². The van der Waals surface area contributed by atoms with E-state index >= 15 is 0 Å². The van der Waals surface area contributed by atoms with E-state index in [2.05, 4.69) is 82.7 Å². The van der Waals surface area contributed by atoms with Crippen LogP contribution < -0.4 is 10.1 Å². The molecule has 37 heavy (non-hydrogen) atoms. The molecule has 3 aliphatic rings. The van der Waals surface area contributed by atoms with Gasteiger partial charge in [-0.3, -0.25) is 0 Å². The summed E-state index contributed by atoms with van der Waals surface area (Å²) in [4.78, 5) is 12.8. The second-order valence-corrected chi connectivity index (χ2v) is 10.4. The molecule has 1 N–H and O–H groups in total. The third-order valence-corrected chi connectivity index (χ3v) is 7.60. The van der Waals surface area contributed by atoms with E-state index in [9.17, 15) is 0 Å². The van der Waals surface area contributed by atoms with Gasteiger partial charge in [0, 0.05) is 37.3 Å². The third-order valence-electron chi connectivity index (χ3n) is 7.60. The number of aromatic nitrogens is 2. The summed E-state index contributed by atoms with van der Waals surface area (Å²) < 4.78 is 13.7. The van der Waals surface area contributed by atoms with Gasteiger partial charge in [-0.1, -0.05) is 41.1 Å². The zero-order valence-corrected chi connectivity index (χ0v) is 21.8. The van der Waals surface area contributed by atoms with Crippen molar-refractivity contribution in [1.82, 2.24) is 19.8 Å². The second kappa shape index (κ2) is 9.04. The van der Waals surface area contributed by atoms with Crippen LogP contribution in [0.3, 0.4) is 0 Å². The van der Waals surface area contributed by atoms with E-state index in [0.29, 0.717) is 6.61 Å². The number of rotatable bonds is 4. The van der Waals surface area contributed by atoms with E-state index in [4.69, 9.17) is 14.3 Å². The molecule has 8 nitrogen and oxygen atoms in total. The molecule has 2 saturated heterocycles. The first-order chi connectivity index (χ1) is 17.9. The zero-order chi connectivity index (χ0) is 25.6. The van der Waals surface area contributed by atoms with Gasteiger partial charge in [0.15, 0.2) is 5.84 Å². The smallest absolute Gasteiger partial charge is 0.234 e. The standard InChI is InChI=1S/C29H33N5O3/c1-20-5-8-24(9-6-20)28(3)34-17-29(18-36-12-11-31-29)15-23(27(34)32-37-28)13-22-7-10-25(26(14-22)35-4)33-16-21(2)30-19-33/h5-10,13-14,16,19,31H,11-12,15,17-18H2,1-4H3/b23-13+. The van der Waals surface area contributed by atoms with Gasteiger partial charge in [0.25, 0.3) is 0 Å². The van der Waals surface area contributed by atoms with Crippen LogP contribution in [0.2, 0.25) is 0 Å².